The molecule has 0 spiro atoms. The molecule has 2 heterocycles. The van der Waals surface area contributed by atoms with Crippen LogP contribution in [0.1, 0.15) is 75.2 Å². The molecule has 0 atom stereocenters. The number of hydrogen-bond donors (Lipinski definition) is 2. The van der Waals surface area contributed by atoms with E-state index in [1.807, 2.05) is 0 Å². The number of unbranched alkanes of at least 4 members (excludes halogenated alkanes) is 1. The maximum absolute atomic E-state index is 12.8. The molecule has 2 amide bonds. The van der Waals surface area contributed by atoms with Crippen LogP contribution in [0.15, 0.2) is 4.52 Å². The van der Waals surface area contributed by atoms with Crippen LogP contribution in [0.2, 0.25) is 0 Å². The minimum absolute atomic E-state index is 0.0908. The third kappa shape index (κ3) is 3.67. The number of anilines is 1. The highest BCUT2D eigenvalue weighted by Gasteiger charge is 2.27. The topological polar surface area (TPSA) is 84.2 Å². The Labute approximate surface area is 157 Å². The minimum Gasteiger partial charge on any atom is -0.361 e. The van der Waals surface area contributed by atoms with Crippen LogP contribution in [-0.4, -0.2) is 23.5 Å². The molecular formula is C19H25N3O3S. The molecule has 2 aromatic rings. The number of carbonyl (C=O) groups excluding carboxylic acids is 2. The summed E-state index contributed by atoms with van der Waals surface area (Å²) in [4.78, 5) is 26.7. The molecule has 0 saturated carbocycles. The Morgan fingerprint density at radius 3 is 2.62 bits per heavy atom. The van der Waals surface area contributed by atoms with Crippen molar-refractivity contribution in [3.63, 3.8) is 0 Å². The summed E-state index contributed by atoms with van der Waals surface area (Å²) < 4.78 is 5.09. The third-order valence-corrected chi connectivity index (χ3v) is 5.91. The molecule has 6 nitrogen and oxygen atoms in total. The van der Waals surface area contributed by atoms with Crippen LogP contribution >= 0.6 is 11.3 Å². The number of carbonyl (C=O) groups is 2. The quantitative estimate of drug-likeness (QED) is 0.747. The van der Waals surface area contributed by atoms with Gasteiger partial charge in [-0.1, -0.05) is 18.5 Å². The number of thiophene rings is 1. The van der Waals surface area contributed by atoms with Crippen molar-refractivity contribution in [3.05, 3.63) is 33.0 Å². The van der Waals surface area contributed by atoms with Gasteiger partial charge < -0.3 is 15.2 Å². The van der Waals surface area contributed by atoms with Gasteiger partial charge in [0.2, 0.25) is 0 Å². The summed E-state index contributed by atoms with van der Waals surface area (Å²) in [6.45, 7) is 6.20. The van der Waals surface area contributed by atoms with Crippen molar-refractivity contribution in [2.24, 2.45) is 0 Å². The maximum Gasteiger partial charge on any atom is 0.261 e. The molecule has 3 rings (SSSR count). The summed E-state index contributed by atoms with van der Waals surface area (Å²) in [6, 6.07) is 0. The first kappa shape index (κ1) is 18.6. The lowest BCUT2D eigenvalue weighted by atomic mass is 9.95. The number of nitrogens with one attached hydrogen (secondary N) is 2. The smallest absolute Gasteiger partial charge is 0.261 e. The summed E-state index contributed by atoms with van der Waals surface area (Å²) in [5.41, 5.74) is 2.73. The van der Waals surface area contributed by atoms with Crippen LogP contribution in [0, 0.1) is 13.8 Å². The zero-order valence-electron chi connectivity index (χ0n) is 15.5. The van der Waals surface area contributed by atoms with Gasteiger partial charge >= 0.3 is 0 Å². The van der Waals surface area contributed by atoms with Crippen molar-refractivity contribution in [2.75, 3.05) is 11.9 Å². The van der Waals surface area contributed by atoms with Crippen LogP contribution in [0.4, 0.5) is 5.00 Å². The van der Waals surface area contributed by atoms with E-state index in [0.29, 0.717) is 34.1 Å². The van der Waals surface area contributed by atoms with E-state index < -0.39 is 0 Å². The fourth-order valence-corrected chi connectivity index (χ4v) is 4.62. The lowest BCUT2D eigenvalue weighted by molar-refractivity contribution is 0.0953. The van der Waals surface area contributed by atoms with Crippen molar-refractivity contribution >= 4 is 28.2 Å². The predicted octanol–water partition coefficient (Wildman–Crippen LogP) is 4.01. The third-order valence-electron chi connectivity index (χ3n) is 4.70. The summed E-state index contributed by atoms with van der Waals surface area (Å²) in [5.74, 6) is 0.115. The Bertz CT molecular complexity index is 803. The summed E-state index contributed by atoms with van der Waals surface area (Å²) in [5, 5.41) is 10.4. The van der Waals surface area contributed by atoms with E-state index in [0.717, 1.165) is 44.1 Å². The predicted molar refractivity (Wildman–Crippen MR) is 102 cm³/mol. The average Bonchev–Trinajstić information content (AvgIpc) is 3.14. The standard InChI is InChI=1S/C19H25N3O3S/c1-4-5-10-20-17(23)16-13-8-6-7-9-14(13)26-19(16)21-18(24)15-11(2)22-25-12(15)3/h4-10H2,1-3H3,(H,20,23)(H,21,24). The van der Waals surface area contributed by atoms with E-state index in [9.17, 15) is 9.59 Å². The molecule has 7 heteroatoms. The molecule has 0 saturated heterocycles. The summed E-state index contributed by atoms with van der Waals surface area (Å²) in [6.07, 6.45) is 6.04. The average molecular weight is 375 g/mol. The molecule has 0 aliphatic heterocycles. The van der Waals surface area contributed by atoms with Crippen molar-refractivity contribution in [1.82, 2.24) is 10.5 Å². The van der Waals surface area contributed by atoms with E-state index >= 15 is 0 Å². The van der Waals surface area contributed by atoms with E-state index in [1.54, 1.807) is 13.8 Å². The Morgan fingerprint density at radius 1 is 1.15 bits per heavy atom. The lowest BCUT2D eigenvalue weighted by Gasteiger charge is -2.13. The largest absolute Gasteiger partial charge is 0.361 e. The fraction of sp³-hybridized carbons (Fsp3) is 0.526. The SMILES string of the molecule is CCCCNC(=O)c1c(NC(=O)c2c(C)noc2C)sc2c1CCCC2. The second-order valence-corrected chi connectivity index (χ2v) is 7.78. The molecule has 0 unspecified atom stereocenters. The Balaban J connectivity index is 1.89. The van der Waals surface area contributed by atoms with Gasteiger partial charge in [-0.15, -0.1) is 11.3 Å². The number of hydrogen-bond acceptors (Lipinski definition) is 5. The second kappa shape index (κ2) is 8.03. The number of aryl methyl sites for hydroxylation is 3. The van der Waals surface area contributed by atoms with Crippen molar-refractivity contribution < 1.29 is 14.1 Å². The molecular weight excluding hydrogens is 350 g/mol. The Hall–Kier alpha value is -2.15. The molecule has 1 aliphatic rings. The normalized spacial score (nSPS) is 13.3. The van der Waals surface area contributed by atoms with Gasteiger partial charge in [0.15, 0.2) is 0 Å². The first-order chi connectivity index (χ1) is 12.5. The van der Waals surface area contributed by atoms with Gasteiger partial charge in [0.05, 0.1) is 11.3 Å². The van der Waals surface area contributed by atoms with Gasteiger partial charge in [-0.25, -0.2) is 0 Å². The van der Waals surface area contributed by atoms with Gasteiger partial charge in [0.25, 0.3) is 11.8 Å². The second-order valence-electron chi connectivity index (χ2n) is 6.68. The summed E-state index contributed by atoms with van der Waals surface area (Å²) in [7, 11) is 0. The zero-order valence-corrected chi connectivity index (χ0v) is 16.3. The van der Waals surface area contributed by atoms with Crippen LogP contribution in [0.3, 0.4) is 0 Å². The summed E-state index contributed by atoms with van der Waals surface area (Å²) >= 11 is 1.52. The molecule has 26 heavy (non-hydrogen) atoms. The molecule has 1 aliphatic carbocycles. The van der Waals surface area contributed by atoms with Crippen molar-refractivity contribution in [2.45, 2.75) is 59.3 Å². The minimum atomic E-state index is -0.276. The number of amides is 2. The molecule has 2 aromatic heterocycles. The lowest BCUT2D eigenvalue weighted by Crippen LogP contribution is -2.26. The number of nitrogens with zero attached hydrogens (tertiary/aromatic N) is 1. The van der Waals surface area contributed by atoms with Gasteiger partial charge in [-0.2, -0.15) is 0 Å². The number of aromatic nitrogens is 1. The monoisotopic (exact) mass is 375 g/mol. The molecule has 2 N–H and O–H groups in total. The van der Waals surface area contributed by atoms with E-state index in [-0.39, 0.29) is 11.8 Å². The molecule has 0 fully saturated rings. The zero-order chi connectivity index (χ0) is 18.7. The molecule has 0 bridgehead atoms. The van der Waals surface area contributed by atoms with Gasteiger partial charge in [-0.3, -0.25) is 9.59 Å². The van der Waals surface area contributed by atoms with Gasteiger partial charge in [-0.05, 0) is 51.5 Å². The first-order valence-corrected chi connectivity index (χ1v) is 10.0. The highest BCUT2D eigenvalue weighted by molar-refractivity contribution is 7.17. The van der Waals surface area contributed by atoms with E-state index in [4.69, 9.17) is 4.52 Å². The Kier molecular flexibility index (Phi) is 5.76. The van der Waals surface area contributed by atoms with Crippen molar-refractivity contribution in [3.8, 4) is 0 Å². The first-order valence-electron chi connectivity index (χ1n) is 9.19. The van der Waals surface area contributed by atoms with Crippen LogP contribution in [-0.2, 0) is 12.8 Å². The van der Waals surface area contributed by atoms with Gasteiger partial charge in [0.1, 0.15) is 16.3 Å². The van der Waals surface area contributed by atoms with Crippen LogP contribution in [0.5, 0.6) is 0 Å². The van der Waals surface area contributed by atoms with Crippen LogP contribution < -0.4 is 10.6 Å². The fourth-order valence-electron chi connectivity index (χ4n) is 3.33. The maximum atomic E-state index is 12.8. The van der Waals surface area contributed by atoms with E-state index in [2.05, 4.69) is 22.7 Å². The van der Waals surface area contributed by atoms with E-state index in [1.165, 1.54) is 16.2 Å². The number of rotatable bonds is 6. The van der Waals surface area contributed by atoms with Crippen LogP contribution in [0.25, 0.3) is 0 Å². The highest BCUT2D eigenvalue weighted by Crippen LogP contribution is 2.38. The van der Waals surface area contributed by atoms with Crippen molar-refractivity contribution in [1.29, 1.82) is 0 Å². The molecule has 0 aromatic carbocycles. The number of fused-ring (bicyclic) bond motifs is 1. The van der Waals surface area contributed by atoms with Gasteiger partial charge in [0, 0.05) is 11.4 Å². The highest BCUT2D eigenvalue weighted by atomic mass is 32.1. The molecule has 140 valence electrons. The molecule has 0 radical (unpaired) electrons. The Morgan fingerprint density at radius 2 is 1.92 bits per heavy atom.